The number of amides is 1. The molecular weight excluding hydrogens is 218 g/mol. The second kappa shape index (κ2) is 5.56. The van der Waals surface area contributed by atoms with E-state index >= 15 is 0 Å². The maximum Gasteiger partial charge on any atom is 0.242 e. The number of nitrogen functional groups attached to an aromatic ring is 1. The van der Waals surface area contributed by atoms with Gasteiger partial charge in [-0.05, 0) is 20.3 Å². The fraction of sp³-hybridized carbons (Fsp3) is 0.636. The maximum atomic E-state index is 11.7. The Balaban J connectivity index is 2.67. The molecule has 0 aromatic carbocycles. The van der Waals surface area contributed by atoms with Crippen LogP contribution in [0.2, 0.25) is 0 Å². The van der Waals surface area contributed by atoms with Crippen LogP contribution in [0.5, 0.6) is 0 Å². The molecule has 4 N–H and O–H groups in total. The zero-order valence-corrected chi connectivity index (χ0v) is 10.9. The van der Waals surface area contributed by atoms with Gasteiger partial charge in [-0.3, -0.25) is 9.48 Å². The van der Waals surface area contributed by atoms with Gasteiger partial charge in [-0.2, -0.15) is 5.10 Å². The van der Waals surface area contributed by atoms with E-state index in [0.29, 0.717) is 18.1 Å². The summed E-state index contributed by atoms with van der Waals surface area (Å²) in [5.41, 5.74) is 7.22. The molecule has 17 heavy (non-hydrogen) atoms. The van der Waals surface area contributed by atoms with Gasteiger partial charge in [-0.1, -0.05) is 6.92 Å². The molecule has 1 amide bonds. The zero-order valence-electron chi connectivity index (χ0n) is 10.9. The third-order valence-corrected chi connectivity index (χ3v) is 2.56. The first-order chi connectivity index (χ1) is 7.97. The highest BCUT2D eigenvalue weighted by atomic mass is 16.2. The predicted octanol–water partition coefficient (Wildman–Crippen LogP) is 0.637. The molecule has 1 aromatic heterocycles. The molecule has 1 aromatic rings. The zero-order chi connectivity index (χ0) is 13.0. The summed E-state index contributed by atoms with van der Waals surface area (Å²) in [6.07, 6.45) is 0.922. The first kappa shape index (κ1) is 13.3. The van der Waals surface area contributed by atoms with Gasteiger partial charge < -0.3 is 16.4 Å². The van der Waals surface area contributed by atoms with E-state index in [0.717, 1.165) is 12.1 Å². The average Bonchev–Trinajstić information content (AvgIpc) is 2.52. The van der Waals surface area contributed by atoms with Gasteiger partial charge in [0.1, 0.15) is 11.9 Å². The Morgan fingerprint density at radius 2 is 2.24 bits per heavy atom. The van der Waals surface area contributed by atoms with Gasteiger partial charge in [0.25, 0.3) is 0 Å². The lowest BCUT2D eigenvalue weighted by atomic mass is 10.3. The Bertz CT molecular complexity index is 399. The summed E-state index contributed by atoms with van der Waals surface area (Å²) in [7, 11) is 1.79. The molecule has 0 fully saturated rings. The van der Waals surface area contributed by atoms with E-state index in [4.69, 9.17) is 5.73 Å². The van der Waals surface area contributed by atoms with Crippen molar-refractivity contribution in [3.63, 3.8) is 0 Å². The standard InChI is InChI=1S/C11H21N5O/c1-5-6-13-11(17)8(3)14-10-9(12)7(2)15-16(10)4/h8,14H,5-6,12H2,1-4H3,(H,13,17). The van der Waals surface area contributed by atoms with Gasteiger partial charge in [0.05, 0.1) is 11.4 Å². The number of hydrogen-bond acceptors (Lipinski definition) is 4. The third-order valence-electron chi connectivity index (χ3n) is 2.56. The molecule has 96 valence electrons. The molecule has 1 unspecified atom stereocenters. The highest BCUT2D eigenvalue weighted by Crippen LogP contribution is 2.21. The topological polar surface area (TPSA) is 85.0 Å². The van der Waals surface area contributed by atoms with Gasteiger partial charge in [-0.15, -0.1) is 0 Å². The lowest BCUT2D eigenvalue weighted by molar-refractivity contribution is -0.121. The van der Waals surface area contributed by atoms with Crippen LogP contribution in [-0.4, -0.2) is 28.3 Å². The van der Waals surface area contributed by atoms with Crippen molar-refractivity contribution < 1.29 is 4.79 Å². The Labute approximate surface area is 102 Å². The molecule has 0 radical (unpaired) electrons. The molecule has 0 aliphatic rings. The number of nitrogens with two attached hydrogens (primary N) is 1. The number of hydrogen-bond donors (Lipinski definition) is 3. The summed E-state index contributed by atoms with van der Waals surface area (Å²) in [5.74, 6) is 0.645. The molecule has 0 aliphatic carbocycles. The number of carbonyl (C=O) groups excluding carboxylic acids is 1. The van der Waals surface area contributed by atoms with Crippen LogP contribution in [0.3, 0.4) is 0 Å². The second-order valence-electron chi connectivity index (χ2n) is 4.13. The first-order valence-corrected chi connectivity index (χ1v) is 5.80. The molecule has 0 aliphatic heterocycles. The van der Waals surface area contributed by atoms with Crippen molar-refractivity contribution in [2.75, 3.05) is 17.6 Å². The Hall–Kier alpha value is -1.72. The lowest BCUT2D eigenvalue weighted by Crippen LogP contribution is -2.38. The van der Waals surface area contributed by atoms with Crippen LogP contribution >= 0.6 is 0 Å². The van der Waals surface area contributed by atoms with Crippen molar-refractivity contribution >= 4 is 17.4 Å². The van der Waals surface area contributed by atoms with E-state index in [1.807, 2.05) is 13.8 Å². The maximum absolute atomic E-state index is 11.7. The monoisotopic (exact) mass is 239 g/mol. The summed E-state index contributed by atoms with van der Waals surface area (Å²) < 4.78 is 1.65. The number of rotatable bonds is 5. The molecule has 0 bridgehead atoms. The van der Waals surface area contributed by atoms with Gasteiger partial charge in [-0.25, -0.2) is 0 Å². The fourth-order valence-corrected chi connectivity index (χ4v) is 1.52. The largest absolute Gasteiger partial charge is 0.394 e. The number of aromatic nitrogens is 2. The van der Waals surface area contributed by atoms with E-state index in [2.05, 4.69) is 15.7 Å². The molecule has 1 atom stereocenters. The smallest absolute Gasteiger partial charge is 0.242 e. The van der Waals surface area contributed by atoms with E-state index in [1.54, 1.807) is 18.7 Å². The van der Waals surface area contributed by atoms with Gasteiger partial charge >= 0.3 is 0 Å². The van der Waals surface area contributed by atoms with Gasteiger partial charge in [0.2, 0.25) is 5.91 Å². The Morgan fingerprint density at radius 3 is 2.71 bits per heavy atom. The van der Waals surface area contributed by atoms with E-state index in [-0.39, 0.29) is 11.9 Å². The predicted molar refractivity (Wildman–Crippen MR) is 68.7 cm³/mol. The minimum Gasteiger partial charge on any atom is -0.394 e. The van der Waals surface area contributed by atoms with Crippen molar-refractivity contribution in [2.45, 2.75) is 33.2 Å². The number of aryl methyl sites for hydroxylation is 2. The Kier molecular flexibility index (Phi) is 4.37. The fourth-order valence-electron chi connectivity index (χ4n) is 1.52. The minimum absolute atomic E-state index is 0.0369. The average molecular weight is 239 g/mol. The summed E-state index contributed by atoms with van der Waals surface area (Å²) >= 11 is 0. The summed E-state index contributed by atoms with van der Waals surface area (Å²) in [6.45, 7) is 6.33. The van der Waals surface area contributed by atoms with Crippen molar-refractivity contribution in [2.24, 2.45) is 7.05 Å². The lowest BCUT2D eigenvalue weighted by Gasteiger charge is -2.15. The SMILES string of the molecule is CCCNC(=O)C(C)Nc1c(N)c(C)nn1C. The van der Waals surface area contributed by atoms with E-state index < -0.39 is 0 Å². The quantitative estimate of drug-likeness (QED) is 0.704. The number of nitrogens with one attached hydrogen (secondary N) is 2. The summed E-state index contributed by atoms with van der Waals surface area (Å²) in [4.78, 5) is 11.7. The van der Waals surface area contributed by atoms with Crippen LogP contribution in [-0.2, 0) is 11.8 Å². The van der Waals surface area contributed by atoms with Gasteiger partial charge in [0.15, 0.2) is 0 Å². The normalized spacial score (nSPS) is 12.2. The minimum atomic E-state index is -0.335. The van der Waals surface area contributed by atoms with Crippen LogP contribution in [0.25, 0.3) is 0 Å². The molecule has 6 nitrogen and oxygen atoms in total. The molecule has 0 saturated carbocycles. The van der Waals surface area contributed by atoms with E-state index in [9.17, 15) is 4.79 Å². The van der Waals surface area contributed by atoms with Crippen molar-refractivity contribution in [1.29, 1.82) is 0 Å². The summed E-state index contributed by atoms with van der Waals surface area (Å²) in [5, 5.41) is 10.1. The van der Waals surface area contributed by atoms with Crippen molar-refractivity contribution in [3.05, 3.63) is 5.69 Å². The molecule has 0 saturated heterocycles. The van der Waals surface area contributed by atoms with Crippen LogP contribution < -0.4 is 16.4 Å². The van der Waals surface area contributed by atoms with Crippen LogP contribution in [0, 0.1) is 6.92 Å². The Morgan fingerprint density at radius 1 is 1.59 bits per heavy atom. The second-order valence-corrected chi connectivity index (χ2v) is 4.13. The van der Waals surface area contributed by atoms with Gasteiger partial charge in [0, 0.05) is 13.6 Å². The molecule has 1 heterocycles. The summed E-state index contributed by atoms with van der Waals surface area (Å²) in [6, 6.07) is -0.335. The first-order valence-electron chi connectivity index (χ1n) is 5.80. The molecule has 0 spiro atoms. The molecule has 1 rings (SSSR count). The van der Waals surface area contributed by atoms with Crippen LogP contribution in [0.15, 0.2) is 0 Å². The van der Waals surface area contributed by atoms with Crippen molar-refractivity contribution in [1.82, 2.24) is 15.1 Å². The molecular formula is C11H21N5O. The third kappa shape index (κ3) is 3.12. The van der Waals surface area contributed by atoms with Crippen LogP contribution in [0.4, 0.5) is 11.5 Å². The highest BCUT2D eigenvalue weighted by molar-refractivity contribution is 5.85. The number of anilines is 2. The van der Waals surface area contributed by atoms with E-state index in [1.165, 1.54) is 0 Å². The highest BCUT2D eigenvalue weighted by Gasteiger charge is 2.16. The number of carbonyl (C=O) groups is 1. The molecule has 6 heteroatoms. The van der Waals surface area contributed by atoms with Crippen LogP contribution in [0.1, 0.15) is 26.0 Å². The van der Waals surface area contributed by atoms with Crippen molar-refractivity contribution in [3.8, 4) is 0 Å². The number of nitrogens with zero attached hydrogens (tertiary/aromatic N) is 2.